The summed E-state index contributed by atoms with van der Waals surface area (Å²) in [5.41, 5.74) is 7.48. The van der Waals surface area contributed by atoms with Crippen LogP contribution in [-0.4, -0.2) is 23.5 Å². The first-order valence-electron chi connectivity index (χ1n) is 6.61. The highest BCUT2D eigenvalue weighted by Gasteiger charge is 2.19. The van der Waals surface area contributed by atoms with E-state index in [2.05, 4.69) is 10.3 Å². The fourth-order valence-corrected chi connectivity index (χ4v) is 2.46. The molecule has 0 radical (unpaired) electrons. The topological polar surface area (TPSA) is 68.0 Å². The van der Waals surface area contributed by atoms with Crippen LogP contribution in [0.5, 0.6) is 0 Å². The summed E-state index contributed by atoms with van der Waals surface area (Å²) in [6.45, 7) is 2.63. The van der Waals surface area contributed by atoms with Gasteiger partial charge in [0.15, 0.2) is 0 Å². The molecule has 2 unspecified atom stereocenters. The molecule has 18 heavy (non-hydrogen) atoms. The maximum Gasteiger partial charge on any atom is 0.252 e. The zero-order valence-electron chi connectivity index (χ0n) is 10.9. The van der Waals surface area contributed by atoms with E-state index < -0.39 is 0 Å². The molecule has 4 nitrogen and oxygen atoms in total. The zero-order valence-corrected chi connectivity index (χ0v) is 10.9. The molecule has 1 aliphatic rings. The van der Waals surface area contributed by atoms with Gasteiger partial charge in [0.1, 0.15) is 0 Å². The number of rotatable bonds is 3. The van der Waals surface area contributed by atoms with Crippen LogP contribution in [0.15, 0.2) is 18.3 Å². The third-order valence-electron chi connectivity index (χ3n) is 3.55. The monoisotopic (exact) mass is 247 g/mol. The van der Waals surface area contributed by atoms with Crippen molar-refractivity contribution in [2.45, 2.75) is 38.6 Å². The van der Waals surface area contributed by atoms with E-state index in [0.717, 1.165) is 25.1 Å². The molecule has 0 saturated heterocycles. The van der Waals surface area contributed by atoms with E-state index in [4.69, 9.17) is 5.73 Å². The van der Waals surface area contributed by atoms with Gasteiger partial charge in [-0.3, -0.25) is 9.78 Å². The minimum absolute atomic E-state index is 0.0401. The molecule has 1 aromatic heterocycles. The first-order chi connectivity index (χ1) is 8.65. The van der Waals surface area contributed by atoms with Crippen molar-refractivity contribution in [2.24, 2.45) is 11.7 Å². The van der Waals surface area contributed by atoms with E-state index in [0.29, 0.717) is 17.5 Å². The van der Waals surface area contributed by atoms with E-state index in [1.165, 1.54) is 12.8 Å². The molecule has 0 aromatic carbocycles. The Morgan fingerprint density at radius 3 is 3.00 bits per heavy atom. The fourth-order valence-electron chi connectivity index (χ4n) is 2.46. The van der Waals surface area contributed by atoms with Crippen LogP contribution in [0.1, 0.15) is 41.7 Å². The molecule has 98 valence electrons. The van der Waals surface area contributed by atoms with Gasteiger partial charge in [0, 0.05) is 24.5 Å². The van der Waals surface area contributed by atoms with Crippen LogP contribution < -0.4 is 11.1 Å². The summed E-state index contributed by atoms with van der Waals surface area (Å²) < 4.78 is 0. The predicted molar refractivity (Wildman–Crippen MR) is 71.2 cm³/mol. The van der Waals surface area contributed by atoms with Gasteiger partial charge in [-0.2, -0.15) is 0 Å². The van der Waals surface area contributed by atoms with Crippen molar-refractivity contribution < 1.29 is 4.79 Å². The van der Waals surface area contributed by atoms with Crippen LogP contribution in [0.2, 0.25) is 0 Å². The molecule has 0 bridgehead atoms. The van der Waals surface area contributed by atoms with Crippen molar-refractivity contribution in [2.75, 3.05) is 6.54 Å². The van der Waals surface area contributed by atoms with Gasteiger partial charge in [-0.15, -0.1) is 0 Å². The Hall–Kier alpha value is -1.42. The van der Waals surface area contributed by atoms with Crippen molar-refractivity contribution in [3.05, 3.63) is 29.6 Å². The summed E-state index contributed by atoms with van der Waals surface area (Å²) in [7, 11) is 0. The summed E-state index contributed by atoms with van der Waals surface area (Å²) in [4.78, 5) is 16.0. The molecule has 1 amide bonds. The van der Waals surface area contributed by atoms with Gasteiger partial charge in [0.25, 0.3) is 5.91 Å². The summed E-state index contributed by atoms with van der Waals surface area (Å²) in [6.07, 6.45) is 6.10. The lowest BCUT2D eigenvalue weighted by atomic mass is 9.86. The van der Waals surface area contributed by atoms with Gasteiger partial charge in [-0.05, 0) is 44.2 Å². The molecule has 1 aromatic rings. The number of amides is 1. The number of aryl methyl sites for hydroxylation is 1. The van der Waals surface area contributed by atoms with E-state index in [-0.39, 0.29) is 5.91 Å². The highest BCUT2D eigenvalue weighted by molar-refractivity contribution is 5.93. The molecular weight excluding hydrogens is 226 g/mol. The van der Waals surface area contributed by atoms with E-state index in [9.17, 15) is 4.79 Å². The third kappa shape index (κ3) is 3.53. The molecule has 1 fully saturated rings. The molecule has 4 heteroatoms. The standard InChI is InChI=1S/C14H21N3O/c1-10-5-6-12(9-16-10)14(18)17-8-11-3-2-4-13(15)7-11/h5-6,9,11,13H,2-4,7-8,15H2,1H3,(H,17,18). The normalized spacial score (nSPS) is 23.7. The van der Waals surface area contributed by atoms with Crippen molar-refractivity contribution in [3.8, 4) is 0 Å². The number of aromatic nitrogens is 1. The number of pyridine rings is 1. The number of carbonyl (C=O) groups is 1. The lowest BCUT2D eigenvalue weighted by molar-refractivity contribution is 0.0942. The second kappa shape index (κ2) is 5.96. The number of nitrogens with zero attached hydrogens (tertiary/aromatic N) is 1. The highest BCUT2D eigenvalue weighted by Crippen LogP contribution is 2.22. The number of nitrogens with two attached hydrogens (primary N) is 1. The van der Waals surface area contributed by atoms with Crippen molar-refractivity contribution in [1.29, 1.82) is 0 Å². The van der Waals surface area contributed by atoms with E-state index in [1.807, 2.05) is 19.1 Å². The SMILES string of the molecule is Cc1ccc(C(=O)NCC2CCCC(N)C2)cn1. The number of nitrogens with one attached hydrogen (secondary N) is 1. The molecule has 2 atom stereocenters. The molecule has 0 aliphatic heterocycles. The summed E-state index contributed by atoms with van der Waals surface area (Å²) in [6, 6.07) is 3.97. The summed E-state index contributed by atoms with van der Waals surface area (Å²) in [5.74, 6) is 0.484. The minimum atomic E-state index is -0.0401. The molecule has 1 heterocycles. The van der Waals surface area contributed by atoms with Crippen LogP contribution >= 0.6 is 0 Å². The Kier molecular flexibility index (Phi) is 4.31. The van der Waals surface area contributed by atoms with Gasteiger partial charge in [0.05, 0.1) is 5.56 Å². The molecule has 3 N–H and O–H groups in total. The largest absolute Gasteiger partial charge is 0.352 e. The van der Waals surface area contributed by atoms with Crippen LogP contribution in [0.4, 0.5) is 0 Å². The quantitative estimate of drug-likeness (QED) is 0.853. The van der Waals surface area contributed by atoms with Gasteiger partial charge >= 0.3 is 0 Å². The number of hydrogen-bond acceptors (Lipinski definition) is 3. The van der Waals surface area contributed by atoms with Crippen LogP contribution in [0.25, 0.3) is 0 Å². The van der Waals surface area contributed by atoms with Gasteiger partial charge in [-0.1, -0.05) is 6.42 Å². The first kappa shape index (κ1) is 13.0. The van der Waals surface area contributed by atoms with Crippen LogP contribution in [0, 0.1) is 12.8 Å². The summed E-state index contributed by atoms with van der Waals surface area (Å²) in [5, 5.41) is 2.97. The lowest BCUT2D eigenvalue weighted by Gasteiger charge is -2.26. The van der Waals surface area contributed by atoms with Crippen molar-refractivity contribution in [1.82, 2.24) is 10.3 Å². The second-order valence-corrected chi connectivity index (χ2v) is 5.19. The smallest absolute Gasteiger partial charge is 0.252 e. The van der Waals surface area contributed by atoms with Gasteiger partial charge in [-0.25, -0.2) is 0 Å². The van der Waals surface area contributed by atoms with Crippen molar-refractivity contribution >= 4 is 5.91 Å². The molecule has 1 aliphatic carbocycles. The Morgan fingerprint density at radius 2 is 2.33 bits per heavy atom. The molecule has 0 spiro atoms. The lowest BCUT2D eigenvalue weighted by Crippen LogP contribution is -2.35. The maximum absolute atomic E-state index is 11.9. The molecule has 2 rings (SSSR count). The van der Waals surface area contributed by atoms with Crippen LogP contribution in [-0.2, 0) is 0 Å². The Balaban J connectivity index is 1.82. The van der Waals surface area contributed by atoms with E-state index in [1.54, 1.807) is 6.20 Å². The molecule has 1 saturated carbocycles. The molecular formula is C14H21N3O. The first-order valence-corrected chi connectivity index (χ1v) is 6.61. The highest BCUT2D eigenvalue weighted by atomic mass is 16.1. The van der Waals surface area contributed by atoms with Gasteiger partial charge in [0.2, 0.25) is 0 Å². The Morgan fingerprint density at radius 1 is 1.50 bits per heavy atom. The van der Waals surface area contributed by atoms with Gasteiger partial charge < -0.3 is 11.1 Å². The minimum Gasteiger partial charge on any atom is -0.352 e. The average molecular weight is 247 g/mol. The number of carbonyl (C=O) groups excluding carboxylic acids is 1. The average Bonchev–Trinajstić information content (AvgIpc) is 2.37. The maximum atomic E-state index is 11.9. The fraction of sp³-hybridized carbons (Fsp3) is 0.571. The Bertz CT molecular complexity index is 402. The van der Waals surface area contributed by atoms with Crippen molar-refractivity contribution in [3.63, 3.8) is 0 Å². The second-order valence-electron chi connectivity index (χ2n) is 5.19. The third-order valence-corrected chi connectivity index (χ3v) is 3.55. The van der Waals surface area contributed by atoms with Crippen LogP contribution in [0.3, 0.4) is 0 Å². The summed E-state index contributed by atoms with van der Waals surface area (Å²) >= 11 is 0. The van der Waals surface area contributed by atoms with E-state index >= 15 is 0 Å². The number of hydrogen-bond donors (Lipinski definition) is 2. The Labute approximate surface area is 108 Å². The zero-order chi connectivity index (χ0) is 13.0. The predicted octanol–water partition coefficient (Wildman–Crippen LogP) is 1.64.